The number of carbonyl (C=O) groups excluding carboxylic acids is 1. The van der Waals surface area contributed by atoms with Crippen LogP contribution < -0.4 is 5.32 Å². The van der Waals surface area contributed by atoms with Gasteiger partial charge in [0.15, 0.2) is 5.13 Å². The third kappa shape index (κ3) is 3.70. The molecular formula is C19H23N3O2S. The van der Waals surface area contributed by atoms with Gasteiger partial charge in [-0.25, -0.2) is 4.98 Å². The van der Waals surface area contributed by atoms with Gasteiger partial charge in [0.1, 0.15) is 11.5 Å². The van der Waals surface area contributed by atoms with E-state index in [1.807, 2.05) is 12.1 Å². The van der Waals surface area contributed by atoms with Crippen molar-refractivity contribution in [3.63, 3.8) is 0 Å². The van der Waals surface area contributed by atoms with Crippen LogP contribution in [0.1, 0.15) is 48.3 Å². The number of aromatic nitrogens is 1. The minimum Gasteiger partial charge on any atom is -0.461 e. The number of rotatable bonds is 5. The summed E-state index contributed by atoms with van der Waals surface area (Å²) < 4.78 is 5.78. The van der Waals surface area contributed by atoms with Gasteiger partial charge in [-0.2, -0.15) is 0 Å². The van der Waals surface area contributed by atoms with E-state index >= 15 is 0 Å². The molecule has 1 amide bonds. The fourth-order valence-corrected chi connectivity index (χ4v) is 4.31. The molecular weight excluding hydrogens is 334 g/mol. The molecule has 25 heavy (non-hydrogen) atoms. The maximum absolute atomic E-state index is 12.1. The van der Waals surface area contributed by atoms with Crippen LogP contribution in [0.2, 0.25) is 0 Å². The number of likely N-dealkylation sites (N-methyl/N-ethyl adjacent to an activating group) is 1. The first-order chi connectivity index (χ1) is 12.1. The van der Waals surface area contributed by atoms with Crippen LogP contribution in [0.15, 0.2) is 22.6 Å². The lowest BCUT2D eigenvalue weighted by Crippen LogP contribution is -2.29. The third-order valence-corrected chi connectivity index (χ3v) is 6.01. The number of nitrogens with one attached hydrogen (secondary N) is 1. The van der Waals surface area contributed by atoms with Gasteiger partial charge in [-0.1, -0.05) is 13.8 Å². The molecule has 5 nitrogen and oxygen atoms in total. The van der Waals surface area contributed by atoms with Gasteiger partial charge >= 0.3 is 0 Å². The van der Waals surface area contributed by atoms with Crippen LogP contribution in [0.4, 0.5) is 5.13 Å². The molecule has 0 bridgehead atoms. The maximum atomic E-state index is 12.1. The van der Waals surface area contributed by atoms with E-state index in [1.165, 1.54) is 17.4 Å². The quantitative estimate of drug-likeness (QED) is 0.825. The summed E-state index contributed by atoms with van der Waals surface area (Å²) in [5.74, 6) is 2.85. The number of carbonyl (C=O) groups is 1. The highest BCUT2D eigenvalue weighted by atomic mass is 32.1. The lowest BCUT2D eigenvalue weighted by Gasteiger charge is -2.23. The van der Waals surface area contributed by atoms with E-state index in [0.717, 1.165) is 43.3 Å². The van der Waals surface area contributed by atoms with Crippen LogP contribution in [0, 0.1) is 5.92 Å². The summed E-state index contributed by atoms with van der Waals surface area (Å²) >= 11 is 1.58. The second-order valence-electron chi connectivity index (χ2n) is 6.89. The molecule has 2 atom stereocenters. The molecule has 1 aliphatic carbocycles. The van der Waals surface area contributed by atoms with Gasteiger partial charge in [0.05, 0.1) is 5.69 Å². The number of furan rings is 1. The van der Waals surface area contributed by atoms with E-state index in [0.29, 0.717) is 17.0 Å². The van der Waals surface area contributed by atoms with Crippen molar-refractivity contribution in [2.45, 2.75) is 39.2 Å². The number of nitrogens with zero attached hydrogens (tertiary/aromatic N) is 2. The molecule has 2 aromatic rings. The van der Waals surface area contributed by atoms with Crippen molar-refractivity contribution in [1.82, 2.24) is 9.88 Å². The minimum atomic E-state index is -0.170. The molecule has 1 fully saturated rings. The lowest BCUT2D eigenvalue weighted by atomic mass is 10.2. The molecule has 0 radical (unpaired) electrons. The number of thiazole rings is 1. The highest BCUT2D eigenvalue weighted by Crippen LogP contribution is 2.47. The SMILES string of the molecule is CCN1CCc2nc(NC(=O)C=Cc3ccc(C4CC4C)o3)sc2C1. The Morgan fingerprint density at radius 2 is 2.36 bits per heavy atom. The predicted octanol–water partition coefficient (Wildman–Crippen LogP) is 3.89. The van der Waals surface area contributed by atoms with Crippen molar-refractivity contribution in [3.05, 3.63) is 40.3 Å². The van der Waals surface area contributed by atoms with Crippen molar-refractivity contribution in [1.29, 1.82) is 0 Å². The molecule has 2 unspecified atom stereocenters. The highest BCUT2D eigenvalue weighted by molar-refractivity contribution is 7.15. The summed E-state index contributed by atoms with van der Waals surface area (Å²) in [5.41, 5.74) is 1.13. The van der Waals surface area contributed by atoms with E-state index in [1.54, 1.807) is 17.4 Å². The van der Waals surface area contributed by atoms with Crippen LogP contribution in [-0.4, -0.2) is 28.9 Å². The Morgan fingerprint density at radius 1 is 1.52 bits per heavy atom. The van der Waals surface area contributed by atoms with Crippen molar-refractivity contribution in [2.24, 2.45) is 5.92 Å². The zero-order chi connectivity index (χ0) is 17.4. The Balaban J connectivity index is 1.36. The Kier molecular flexibility index (Phi) is 4.48. The van der Waals surface area contributed by atoms with Crippen LogP contribution in [0.5, 0.6) is 0 Å². The zero-order valence-electron chi connectivity index (χ0n) is 14.6. The second-order valence-corrected chi connectivity index (χ2v) is 7.97. The van der Waals surface area contributed by atoms with Crippen molar-refractivity contribution in [3.8, 4) is 0 Å². The molecule has 4 rings (SSSR count). The summed E-state index contributed by atoms with van der Waals surface area (Å²) in [6.07, 6.45) is 5.39. The molecule has 1 saturated carbocycles. The van der Waals surface area contributed by atoms with Gasteiger partial charge in [-0.05, 0) is 37.1 Å². The number of anilines is 1. The Hall–Kier alpha value is -1.92. The number of hydrogen-bond donors (Lipinski definition) is 1. The lowest BCUT2D eigenvalue weighted by molar-refractivity contribution is -0.111. The fourth-order valence-electron chi connectivity index (χ4n) is 3.25. The molecule has 0 spiro atoms. The smallest absolute Gasteiger partial charge is 0.250 e. The summed E-state index contributed by atoms with van der Waals surface area (Å²) in [6.45, 7) is 7.42. The van der Waals surface area contributed by atoms with E-state index in [4.69, 9.17) is 4.42 Å². The van der Waals surface area contributed by atoms with Crippen molar-refractivity contribution >= 4 is 28.5 Å². The molecule has 1 aliphatic heterocycles. The Labute approximate surface area is 151 Å². The first kappa shape index (κ1) is 16.5. The monoisotopic (exact) mass is 357 g/mol. The van der Waals surface area contributed by atoms with Crippen LogP contribution >= 0.6 is 11.3 Å². The molecule has 6 heteroatoms. The second kappa shape index (κ2) is 6.77. The first-order valence-corrected chi connectivity index (χ1v) is 9.73. The molecule has 0 saturated heterocycles. The standard InChI is InChI=1S/C19H23N3O2S/c1-3-22-9-8-15-17(11-22)25-19(20-15)21-18(23)7-5-13-4-6-16(24-13)14-10-12(14)2/h4-7,12,14H,3,8-11H2,1-2H3,(H,20,21,23). The third-order valence-electron chi connectivity index (χ3n) is 5.01. The number of fused-ring (bicyclic) bond motifs is 1. The normalized spacial score (nSPS) is 23.0. The van der Waals surface area contributed by atoms with E-state index in [9.17, 15) is 4.79 Å². The minimum absolute atomic E-state index is 0.170. The van der Waals surface area contributed by atoms with E-state index in [-0.39, 0.29) is 5.91 Å². The molecule has 132 valence electrons. The number of hydrogen-bond acceptors (Lipinski definition) is 5. The summed E-state index contributed by atoms with van der Waals surface area (Å²) in [5, 5.41) is 3.56. The fraction of sp³-hybridized carbons (Fsp3) is 0.474. The molecule has 2 aliphatic rings. The largest absolute Gasteiger partial charge is 0.461 e. The van der Waals surface area contributed by atoms with Gasteiger partial charge in [0.25, 0.3) is 0 Å². The molecule has 0 aromatic carbocycles. The van der Waals surface area contributed by atoms with Gasteiger partial charge in [0, 0.05) is 36.4 Å². The van der Waals surface area contributed by atoms with Crippen LogP contribution in [0.3, 0.4) is 0 Å². The van der Waals surface area contributed by atoms with Crippen LogP contribution in [0.25, 0.3) is 6.08 Å². The van der Waals surface area contributed by atoms with Gasteiger partial charge in [0.2, 0.25) is 5.91 Å². The summed E-state index contributed by atoms with van der Waals surface area (Å²) in [7, 11) is 0. The molecule has 3 heterocycles. The Morgan fingerprint density at radius 3 is 3.12 bits per heavy atom. The summed E-state index contributed by atoms with van der Waals surface area (Å²) in [6, 6.07) is 3.94. The average molecular weight is 357 g/mol. The average Bonchev–Trinajstić information content (AvgIpc) is 3.01. The number of amides is 1. The van der Waals surface area contributed by atoms with Gasteiger partial charge in [-0.15, -0.1) is 11.3 Å². The molecule has 1 N–H and O–H groups in total. The first-order valence-electron chi connectivity index (χ1n) is 8.92. The van der Waals surface area contributed by atoms with Gasteiger partial charge in [-0.3, -0.25) is 15.0 Å². The topological polar surface area (TPSA) is 58.4 Å². The predicted molar refractivity (Wildman–Crippen MR) is 99.7 cm³/mol. The van der Waals surface area contributed by atoms with Crippen LogP contribution in [-0.2, 0) is 17.8 Å². The van der Waals surface area contributed by atoms with E-state index in [2.05, 4.69) is 29.0 Å². The summed E-state index contributed by atoms with van der Waals surface area (Å²) in [4.78, 5) is 20.4. The van der Waals surface area contributed by atoms with E-state index < -0.39 is 0 Å². The van der Waals surface area contributed by atoms with Crippen molar-refractivity contribution < 1.29 is 9.21 Å². The van der Waals surface area contributed by atoms with Gasteiger partial charge < -0.3 is 4.42 Å². The highest BCUT2D eigenvalue weighted by Gasteiger charge is 2.36. The Bertz CT molecular complexity index is 807. The maximum Gasteiger partial charge on any atom is 0.250 e. The van der Waals surface area contributed by atoms with Crippen molar-refractivity contribution in [2.75, 3.05) is 18.4 Å². The zero-order valence-corrected chi connectivity index (χ0v) is 15.4. The molecule has 2 aromatic heterocycles.